The molecule has 2 saturated heterocycles. The Kier molecular flexibility index (Phi) is 6.27. The summed E-state index contributed by atoms with van der Waals surface area (Å²) in [6.45, 7) is 5.39. The van der Waals surface area contributed by atoms with Crippen LogP contribution in [0, 0.1) is 0 Å². The molecule has 1 aromatic carbocycles. The lowest BCUT2D eigenvalue weighted by atomic mass is 10.1. The first kappa shape index (κ1) is 20.2. The molecular weight excluding hydrogens is 398 g/mol. The highest BCUT2D eigenvalue weighted by atomic mass is 32.2. The molecule has 28 heavy (non-hydrogen) atoms. The Morgan fingerprint density at radius 3 is 2.75 bits per heavy atom. The van der Waals surface area contributed by atoms with Crippen molar-refractivity contribution in [3.05, 3.63) is 18.2 Å². The molecular formula is C19H27N3O4S2. The van der Waals surface area contributed by atoms with Crippen LogP contribution in [0.4, 0.5) is 0 Å². The molecule has 2 fully saturated rings. The van der Waals surface area contributed by atoms with E-state index in [0.717, 1.165) is 47.9 Å². The molecule has 3 heterocycles. The highest BCUT2D eigenvalue weighted by Crippen LogP contribution is 2.29. The number of fused-ring (bicyclic) bond motifs is 1. The van der Waals surface area contributed by atoms with E-state index in [1.165, 1.54) is 10.7 Å². The van der Waals surface area contributed by atoms with Crippen molar-refractivity contribution >= 4 is 32.8 Å². The number of hydrogen-bond acceptors (Lipinski definition) is 6. The first-order chi connectivity index (χ1) is 13.6. The predicted octanol–water partition coefficient (Wildman–Crippen LogP) is 2.74. The van der Waals surface area contributed by atoms with Gasteiger partial charge in [0.25, 0.3) is 0 Å². The summed E-state index contributed by atoms with van der Waals surface area (Å²) in [7, 11) is -3.52. The van der Waals surface area contributed by atoms with Crippen LogP contribution in [0.5, 0.6) is 0 Å². The van der Waals surface area contributed by atoms with Gasteiger partial charge < -0.3 is 14.0 Å². The normalized spacial score (nSPS) is 22.0. The Labute approximate surface area is 170 Å². The molecule has 0 radical (unpaired) electrons. The van der Waals surface area contributed by atoms with Crippen molar-refractivity contribution in [3.8, 4) is 0 Å². The second-order valence-corrected chi connectivity index (χ2v) is 10.0. The van der Waals surface area contributed by atoms with Crippen molar-refractivity contribution < 1.29 is 17.9 Å². The maximum absolute atomic E-state index is 12.9. The fourth-order valence-corrected chi connectivity index (χ4v) is 6.28. The van der Waals surface area contributed by atoms with Crippen molar-refractivity contribution in [2.75, 3.05) is 38.7 Å². The molecule has 0 amide bonds. The van der Waals surface area contributed by atoms with Crippen molar-refractivity contribution in [2.45, 2.75) is 48.9 Å². The third-order valence-electron chi connectivity index (χ3n) is 5.28. The molecule has 0 N–H and O–H groups in total. The van der Waals surface area contributed by atoms with Crippen molar-refractivity contribution in [1.29, 1.82) is 0 Å². The van der Waals surface area contributed by atoms with E-state index >= 15 is 0 Å². The molecule has 2 aromatic rings. The van der Waals surface area contributed by atoms with E-state index in [0.29, 0.717) is 31.2 Å². The number of aromatic nitrogens is 2. The molecule has 2 aliphatic heterocycles. The Morgan fingerprint density at radius 1 is 1.21 bits per heavy atom. The van der Waals surface area contributed by atoms with Gasteiger partial charge in [-0.3, -0.25) is 0 Å². The standard InChI is InChI=1S/C19H27N3O4S2/c1-2-22-18-7-6-16(28(23,24)21-8-11-25-12-9-21)13-17(18)20-19(22)27-14-15-5-3-4-10-26-15/h6-7,13,15H,2-5,8-12,14H2,1H3. The first-order valence-electron chi connectivity index (χ1n) is 9.92. The molecule has 1 unspecified atom stereocenters. The van der Waals surface area contributed by atoms with Gasteiger partial charge in [0.05, 0.1) is 35.2 Å². The Balaban J connectivity index is 1.58. The van der Waals surface area contributed by atoms with Gasteiger partial charge in [-0.1, -0.05) is 11.8 Å². The monoisotopic (exact) mass is 425 g/mol. The second kappa shape index (κ2) is 8.71. The zero-order valence-corrected chi connectivity index (χ0v) is 17.8. The molecule has 1 aromatic heterocycles. The maximum atomic E-state index is 12.9. The Hall–Kier alpha value is -1.13. The van der Waals surface area contributed by atoms with E-state index in [9.17, 15) is 8.42 Å². The summed E-state index contributed by atoms with van der Waals surface area (Å²) < 4.78 is 40.6. The summed E-state index contributed by atoms with van der Waals surface area (Å²) in [5.74, 6) is 0.877. The quantitative estimate of drug-likeness (QED) is 0.663. The summed E-state index contributed by atoms with van der Waals surface area (Å²) in [4.78, 5) is 5.05. The summed E-state index contributed by atoms with van der Waals surface area (Å²) in [6, 6.07) is 5.27. The second-order valence-electron chi connectivity index (χ2n) is 7.11. The van der Waals surface area contributed by atoms with Crippen molar-refractivity contribution in [2.24, 2.45) is 0 Å². The van der Waals surface area contributed by atoms with Gasteiger partial charge >= 0.3 is 0 Å². The van der Waals surface area contributed by atoms with Gasteiger partial charge in [0.2, 0.25) is 10.0 Å². The van der Waals surface area contributed by atoms with Crippen LogP contribution in [0.15, 0.2) is 28.3 Å². The number of ether oxygens (including phenoxy) is 2. The van der Waals surface area contributed by atoms with Crippen LogP contribution < -0.4 is 0 Å². The van der Waals surface area contributed by atoms with E-state index in [2.05, 4.69) is 11.5 Å². The number of thioether (sulfide) groups is 1. The van der Waals surface area contributed by atoms with E-state index < -0.39 is 10.0 Å². The average molecular weight is 426 g/mol. The molecule has 0 bridgehead atoms. The minimum Gasteiger partial charge on any atom is -0.379 e. The lowest BCUT2D eigenvalue weighted by molar-refractivity contribution is 0.0315. The zero-order valence-electron chi connectivity index (χ0n) is 16.2. The fraction of sp³-hybridized carbons (Fsp3) is 0.632. The Morgan fingerprint density at radius 2 is 2.04 bits per heavy atom. The van der Waals surface area contributed by atoms with Crippen LogP contribution in [-0.2, 0) is 26.0 Å². The van der Waals surface area contributed by atoms with E-state index in [-0.39, 0.29) is 6.10 Å². The van der Waals surface area contributed by atoms with Gasteiger partial charge in [0, 0.05) is 32.0 Å². The van der Waals surface area contributed by atoms with Crippen molar-refractivity contribution in [1.82, 2.24) is 13.9 Å². The lowest BCUT2D eigenvalue weighted by Crippen LogP contribution is -2.40. The molecule has 7 nitrogen and oxygen atoms in total. The van der Waals surface area contributed by atoms with Crippen LogP contribution in [0.25, 0.3) is 11.0 Å². The number of rotatable bonds is 6. The van der Waals surface area contributed by atoms with Gasteiger partial charge in [0.15, 0.2) is 5.16 Å². The first-order valence-corrected chi connectivity index (χ1v) is 12.3. The number of hydrogen-bond donors (Lipinski definition) is 0. The number of imidazole rings is 1. The summed E-state index contributed by atoms with van der Waals surface area (Å²) in [6.07, 6.45) is 3.75. The predicted molar refractivity (Wildman–Crippen MR) is 109 cm³/mol. The highest BCUT2D eigenvalue weighted by Gasteiger charge is 2.27. The zero-order chi connectivity index (χ0) is 19.6. The SMILES string of the molecule is CCn1c(SCC2CCCCO2)nc2cc(S(=O)(=O)N3CCOCC3)ccc21. The smallest absolute Gasteiger partial charge is 0.243 e. The largest absolute Gasteiger partial charge is 0.379 e. The molecule has 0 saturated carbocycles. The van der Waals surface area contributed by atoms with Crippen LogP contribution in [0.2, 0.25) is 0 Å². The summed E-state index contributed by atoms with van der Waals surface area (Å²) in [5.41, 5.74) is 1.69. The van der Waals surface area contributed by atoms with Gasteiger partial charge in [-0.05, 0) is 44.4 Å². The number of benzene rings is 1. The molecule has 154 valence electrons. The minimum absolute atomic E-state index is 0.279. The summed E-state index contributed by atoms with van der Waals surface area (Å²) >= 11 is 1.70. The number of aryl methyl sites for hydroxylation is 1. The minimum atomic E-state index is -3.52. The van der Waals surface area contributed by atoms with Gasteiger partial charge in [-0.15, -0.1) is 0 Å². The number of nitrogens with zero attached hydrogens (tertiary/aromatic N) is 3. The van der Waals surface area contributed by atoms with E-state index in [1.807, 2.05) is 6.07 Å². The maximum Gasteiger partial charge on any atom is 0.243 e. The van der Waals surface area contributed by atoms with Crippen LogP contribution in [0.3, 0.4) is 0 Å². The fourth-order valence-electron chi connectivity index (χ4n) is 3.71. The Bertz CT molecular complexity index is 917. The molecule has 4 rings (SSSR count). The number of sulfonamides is 1. The molecule has 0 aliphatic carbocycles. The third-order valence-corrected chi connectivity index (χ3v) is 8.28. The van der Waals surface area contributed by atoms with Gasteiger partial charge in [0.1, 0.15) is 0 Å². The number of morpholine rings is 1. The van der Waals surface area contributed by atoms with Crippen molar-refractivity contribution in [3.63, 3.8) is 0 Å². The van der Waals surface area contributed by atoms with Crippen LogP contribution in [-0.4, -0.2) is 67.0 Å². The van der Waals surface area contributed by atoms with Gasteiger partial charge in [-0.25, -0.2) is 13.4 Å². The van der Waals surface area contributed by atoms with Crippen LogP contribution >= 0.6 is 11.8 Å². The third kappa shape index (κ3) is 4.09. The molecule has 1 atom stereocenters. The highest BCUT2D eigenvalue weighted by molar-refractivity contribution is 7.99. The summed E-state index contributed by atoms with van der Waals surface area (Å²) in [5, 5.41) is 0.924. The van der Waals surface area contributed by atoms with E-state index in [1.54, 1.807) is 23.9 Å². The average Bonchev–Trinajstić information content (AvgIpc) is 3.10. The van der Waals surface area contributed by atoms with Gasteiger partial charge in [-0.2, -0.15) is 4.31 Å². The topological polar surface area (TPSA) is 73.7 Å². The lowest BCUT2D eigenvalue weighted by Gasteiger charge is -2.26. The molecule has 0 spiro atoms. The molecule has 2 aliphatic rings. The van der Waals surface area contributed by atoms with Crippen LogP contribution in [0.1, 0.15) is 26.2 Å². The molecule has 9 heteroatoms. The van der Waals surface area contributed by atoms with E-state index in [4.69, 9.17) is 14.5 Å².